The number of hydrogen-bond acceptors (Lipinski definition) is 4. The van der Waals surface area contributed by atoms with Crippen LogP contribution in [0.1, 0.15) is 153 Å². The Labute approximate surface area is 240 Å². The minimum Gasteiger partial charge on any atom is -0.353 e. The van der Waals surface area contributed by atoms with Crippen LogP contribution in [0.2, 0.25) is 0 Å². The topological polar surface area (TPSA) is 58.2 Å². The van der Waals surface area contributed by atoms with Gasteiger partial charge < -0.3 is 10.6 Å². The maximum atomic E-state index is 13.3. The van der Waals surface area contributed by atoms with Crippen molar-refractivity contribution in [2.24, 2.45) is 16.2 Å². The zero-order valence-corrected chi connectivity index (χ0v) is 27.5. The number of carbonyl (C=O) groups excluding carboxylic acids is 2. The lowest BCUT2D eigenvalue weighted by Crippen LogP contribution is -2.49. The summed E-state index contributed by atoms with van der Waals surface area (Å²) in [5.41, 5.74) is -1.14. The summed E-state index contributed by atoms with van der Waals surface area (Å²) in [6.45, 7) is 21.3. The van der Waals surface area contributed by atoms with Crippen molar-refractivity contribution >= 4 is 23.5 Å². The third-order valence-corrected chi connectivity index (χ3v) is 11.5. The second kappa shape index (κ2) is 13.9. The third kappa shape index (κ3) is 9.53. The summed E-state index contributed by atoms with van der Waals surface area (Å²) in [5, 5.41) is 8.87. The summed E-state index contributed by atoms with van der Waals surface area (Å²) < 4.78 is 0. The SMILES string of the molecule is CCCC(C)(C)C(=O)C(C)(C)CC(C)(C)C(=O)NC1CCC(SC2CCC(NC(C)(CC)CC)CC2)CC1. The van der Waals surface area contributed by atoms with Gasteiger partial charge in [-0.2, -0.15) is 11.8 Å². The number of thioether (sulfide) groups is 1. The minimum absolute atomic E-state index is 0.111. The molecule has 0 aliphatic heterocycles. The minimum atomic E-state index is -0.564. The normalized spacial score (nSPS) is 25.7. The van der Waals surface area contributed by atoms with Gasteiger partial charge in [-0.15, -0.1) is 0 Å². The van der Waals surface area contributed by atoms with Crippen molar-refractivity contribution in [1.29, 1.82) is 0 Å². The summed E-state index contributed by atoms with van der Waals surface area (Å²) in [5.74, 6) is 0.388. The largest absolute Gasteiger partial charge is 0.353 e. The second-order valence-corrected chi connectivity index (χ2v) is 16.5. The van der Waals surface area contributed by atoms with Gasteiger partial charge in [0.05, 0.1) is 0 Å². The highest BCUT2D eigenvalue weighted by Crippen LogP contribution is 2.42. The zero-order valence-electron chi connectivity index (χ0n) is 26.7. The molecule has 0 unspecified atom stereocenters. The summed E-state index contributed by atoms with van der Waals surface area (Å²) in [4.78, 5) is 26.7. The molecule has 2 saturated carbocycles. The smallest absolute Gasteiger partial charge is 0.225 e. The molecule has 222 valence electrons. The molecule has 0 heterocycles. The molecular weight excluding hydrogens is 488 g/mol. The summed E-state index contributed by atoms with van der Waals surface area (Å²) >= 11 is 2.24. The van der Waals surface area contributed by atoms with Crippen molar-refractivity contribution in [3.05, 3.63) is 0 Å². The van der Waals surface area contributed by atoms with Crippen LogP contribution in [-0.2, 0) is 9.59 Å². The molecule has 0 bridgehead atoms. The van der Waals surface area contributed by atoms with Gasteiger partial charge in [0.2, 0.25) is 5.91 Å². The quantitative estimate of drug-likeness (QED) is 0.228. The molecule has 2 aliphatic rings. The monoisotopic (exact) mass is 550 g/mol. The number of carbonyl (C=O) groups is 2. The predicted molar refractivity (Wildman–Crippen MR) is 166 cm³/mol. The van der Waals surface area contributed by atoms with Crippen LogP contribution in [0, 0.1) is 16.2 Å². The number of ketones is 1. The molecule has 1 amide bonds. The average Bonchev–Trinajstić information content (AvgIpc) is 2.85. The van der Waals surface area contributed by atoms with Crippen LogP contribution in [0.25, 0.3) is 0 Å². The van der Waals surface area contributed by atoms with Gasteiger partial charge in [0.15, 0.2) is 0 Å². The molecule has 0 aromatic carbocycles. The van der Waals surface area contributed by atoms with Crippen LogP contribution in [0.3, 0.4) is 0 Å². The van der Waals surface area contributed by atoms with Crippen molar-refractivity contribution in [2.75, 3.05) is 0 Å². The number of nitrogens with one attached hydrogen (secondary N) is 2. The Morgan fingerprint density at radius 3 is 1.61 bits per heavy atom. The molecule has 0 saturated heterocycles. The van der Waals surface area contributed by atoms with Crippen LogP contribution in [0.4, 0.5) is 0 Å². The van der Waals surface area contributed by atoms with Gasteiger partial charge in [-0.1, -0.05) is 68.7 Å². The summed E-state index contributed by atoms with van der Waals surface area (Å²) in [6, 6.07) is 0.957. The maximum Gasteiger partial charge on any atom is 0.225 e. The van der Waals surface area contributed by atoms with Crippen LogP contribution >= 0.6 is 11.8 Å². The van der Waals surface area contributed by atoms with Crippen LogP contribution in [0.5, 0.6) is 0 Å². The molecule has 2 aliphatic carbocycles. The number of Topliss-reactive ketones (excluding diaryl/α,β-unsaturated/α-hetero) is 1. The Hall–Kier alpha value is -0.550. The Kier molecular flexibility index (Phi) is 12.3. The molecule has 0 radical (unpaired) electrons. The second-order valence-electron chi connectivity index (χ2n) is 14.9. The van der Waals surface area contributed by atoms with E-state index in [9.17, 15) is 9.59 Å². The highest BCUT2D eigenvalue weighted by atomic mass is 32.2. The number of hydrogen-bond donors (Lipinski definition) is 2. The standard InChI is InChI=1S/C33H62N2O2S/c1-11-22-30(4,5)28(36)31(6,7)23-32(8,9)29(37)34-24-14-18-26(19-15-24)38-27-20-16-25(17-21-27)35-33(10,12-2)13-3/h24-27,35H,11-23H2,1-10H3,(H,34,37). The van der Waals surface area contributed by atoms with Gasteiger partial charge in [-0.25, -0.2) is 0 Å². The van der Waals surface area contributed by atoms with Gasteiger partial charge in [0.25, 0.3) is 0 Å². The predicted octanol–water partition coefficient (Wildman–Crippen LogP) is 8.46. The van der Waals surface area contributed by atoms with Gasteiger partial charge in [0.1, 0.15) is 5.78 Å². The van der Waals surface area contributed by atoms with Crippen molar-refractivity contribution < 1.29 is 9.59 Å². The maximum absolute atomic E-state index is 13.3. The molecule has 0 aromatic rings. The van der Waals surface area contributed by atoms with E-state index in [0.717, 1.165) is 36.2 Å². The summed E-state index contributed by atoms with van der Waals surface area (Å²) in [6.07, 6.45) is 14.7. The van der Waals surface area contributed by atoms with E-state index >= 15 is 0 Å². The molecule has 38 heavy (non-hydrogen) atoms. The first-order valence-corrected chi connectivity index (χ1v) is 16.8. The van der Waals surface area contributed by atoms with Gasteiger partial charge in [-0.05, 0) is 84.0 Å². The first-order valence-electron chi connectivity index (χ1n) is 15.9. The molecule has 2 N–H and O–H groups in total. The zero-order chi connectivity index (χ0) is 28.8. The van der Waals surface area contributed by atoms with E-state index in [-0.39, 0.29) is 23.1 Å². The van der Waals surface area contributed by atoms with Gasteiger partial charge in [0, 0.05) is 44.4 Å². The highest BCUT2D eigenvalue weighted by Gasteiger charge is 2.44. The first-order chi connectivity index (χ1) is 17.6. The molecule has 5 heteroatoms. The van der Waals surface area contributed by atoms with Crippen molar-refractivity contribution in [3.63, 3.8) is 0 Å². The molecule has 2 fully saturated rings. The van der Waals surface area contributed by atoms with Gasteiger partial charge >= 0.3 is 0 Å². The molecule has 0 aromatic heterocycles. The van der Waals surface area contributed by atoms with E-state index in [1.54, 1.807) is 0 Å². The van der Waals surface area contributed by atoms with E-state index in [1.165, 1.54) is 51.4 Å². The molecular formula is C33H62N2O2S. The van der Waals surface area contributed by atoms with Gasteiger partial charge in [-0.3, -0.25) is 9.59 Å². The Bertz CT molecular complexity index is 755. The van der Waals surface area contributed by atoms with Crippen LogP contribution in [-0.4, -0.2) is 39.8 Å². The van der Waals surface area contributed by atoms with Crippen molar-refractivity contribution in [2.45, 2.75) is 181 Å². The third-order valence-electron chi connectivity index (χ3n) is 9.78. The fraction of sp³-hybridized carbons (Fsp3) is 0.939. The fourth-order valence-corrected chi connectivity index (χ4v) is 8.84. The molecule has 2 rings (SSSR count). The molecule has 0 spiro atoms. The average molecular weight is 551 g/mol. The van der Waals surface area contributed by atoms with E-state index < -0.39 is 10.8 Å². The lowest BCUT2D eigenvalue weighted by molar-refractivity contribution is -0.140. The Balaban J connectivity index is 1.78. The lowest BCUT2D eigenvalue weighted by Gasteiger charge is -2.39. The van der Waals surface area contributed by atoms with E-state index in [2.05, 4.69) is 63.9 Å². The van der Waals surface area contributed by atoms with Crippen LogP contribution < -0.4 is 10.6 Å². The van der Waals surface area contributed by atoms with E-state index in [1.807, 2.05) is 27.7 Å². The Morgan fingerprint density at radius 1 is 0.684 bits per heavy atom. The first kappa shape index (κ1) is 33.7. The van der Waals surface area contributed by atoms with Crippen LogP contribution in [0.15, 0.2) is 0 Å². The number of rotatable bonds is 14. The van der Waals surface area contributed by atoms with E-state index in [4.69, 9.17) is 0 Å². The van der Waals surface area contributed by atoms with Crippen molar-refractivity contribution in [3.8, 4) is 0 Å². The molecule has 4 nitrogen and oxygen atoms in total. The van der Waals surface area contributed by atoms with E-state index in [0.29, 0.717) is 18.0 Å². The fourth-order valence-electron chi connectivity index (χ4n) is 7.21. The summed E-state index contributed by atoms with van der Waals surface area (Å²) in [7, 11) is 0. The van der Waals surface area contributed by atoms with Crippen molar-refractivity contribution in [1.82, 2.24) is 10.6 Å². The highest BCUT2D eigenvalue weighted by molar-refractivity contribution is 8.00. The number of amides is 1. The lowest BCUT2D eigenvalue weighted by atomic mass is 9.65. The Morgan fingerprint density at radius 2 is 1.16 bits per heavy atom. The molecule has 0 atom stereocenters.